The van der Waals surface area contributed by atoms with Gasteiger partial charge in [0.2, 0.25) is 0 Å². The molecule has 7 heteroatoms. The van der Waals surface area contributed by atoms with Crippen molar-refractivity contribution in [3.05, 3.63) is 291 Å². The summed E-state index contributed by atoms with van der Waals surface area (Å²) in [7, 11) is 0. The van der Waals surface area contributed by atoms with Gasteiger partial charge in [-0.3, -0.25) is 0 Å². The van der Waals surface area contributed by atoms with Crippen LogP contribution in [-0.2, 0) is 0 Å². The Bertz CT molecular complexity index is 5620. The Morgan fingerprint density at radius 1 is 0.186 bits per heavy atom. The van der Waals surface area contributed by atoms with Gasteiger partial charge in [-0.25, -0.2) is 0 Å². The molecule has 0 aliphatic rings. The molecule has 0 unspecified atom stereocenters. The monoisotopic (exact) mass is 1090 g/mol. The van der Waals surface area contributed by atoms with Gasteiger partial charge >= 0.3 is 0 Å². The molecular formula is C79H47N7. The minimum atomic E-state index is 0.575. The number of benzene rings is 13. The van der Waals surface area contributed by atoms with E-state index in [1.54, 1.807) is 0 Å². The number of aromatic nitrogens is 6. The molecule has 0 amide bonds. The van der Waals surface area contributed by atoms with E-state index >= 15 is 0 Å². The van der Waals surface area contributed by atoms with Crippen molar-refractivity contribution in [1.82, 2.24) is 27.4 Å². The summed E-state index contributed by atoms with van der Waals surface area (Å²) in [5.74, 6) is 0. The van der Waals surface area contributed by atoms with Crippen molar-refractivity contribution in [2.45, 2.75) is 0 Å². The van der Waals surface area contributed by atoms with E-state index < -0.39 is 0 Å². The number of hydrogen-bond donors (Lipinski definition) is 0. The van der Waals surface area contributed by atoms with Crippen LogP contribution in [0.2, 0.25) is 0 Å². The zero-order valence-electron chi connectivity index (χ0n) is 46.3. The standard InChI is InChI=1S/C79H47N7/c80-48-49-33-38-78(85-74-39-34-50(81-66-25-9-1-17-54(66)55-18-2-10-26-67(55)81)44-62(74)63-45-51(35-40-75(63)85)82-68-27-11-3-19-56(68)57-20-4-12-28-69(57)82)79(43-49)86-76-41-36-52(83-70-29-13-5-21-58(70)59-22-6-14-30-71(59)83)46-64(76)65-47-53(37-42-77(65)86)84-72-31-15-7-23-60(72)61-24-8-16-32-73(61)84/h1-47H. The molecule has 0 spiro atoms. The Morgan fingerprint density at radius 2 is 0.407 bits per heavy atom. The smallest absolute Gasteiger partial charge is 0.0992 e. The van der Waals surface area contributed by atoms with E-state index in [1.807, 2.05) is 6.07 Å². The largest absolute Gasteiger partial charge is 0.309 e. The predicted molar refractivity (Wildman–Crippen MR) is 357 cm³/mol. The molecule has 0 aliphatic carbocycles. The van der Waals surface area contributed by atoms with Gasteiger partial charge < -0.3 is 27.4 Å². The van der Waals surface area contributed by atoms with Crippen molar-refractivity contribution < 1.29 is 0 Å². The molecule has 0 aliphatic heterocycles. The van der Waals surface area contributed by atoms with E-state index in [0.717, 1.165) is 122 Å². The van der Waals surface area contributed by atoms with Crippen LogP contribution in [0.3, 0.4) is 0 Å². The van der Waals surface area contributed by atoms with Crippen molar-refractivity contribution in [2.24, 2.45) is 0 Å². The fraction of sp³-hybridized carbons (Fsp3) is 0. The molecule has 19 aromatic rings. The highest BCUT2D eigenvalue weighted by Gasteiger charge is 2.25. The summed E-state index contributed by atoms with van der Waals surface area (Å²) < 4.78 is 14.5. The van der Waals surface area contributed by atoms with E-state index in [9.17, 15) is 5.26 Å². The minimum absolute atomic E-state index is 0.575. The maximum Gasteiger partial charge on any atom is 0.0992 e. The van der Waals surface area contributed by atoms with Gasteiger partial charge in [-0.05, 0) is 140 Å². The maximum atomic E-state index is 10.9. The average molecular weight is 1090 g/mol. The molecule has 0 N–H and O–H groups in total. The second-order valence-corrected chi connectivity index (χ2v) is 22.8. The first-order valence-electron chi connectivity index (χ1n) is 29.3. The molecule has 7 nitrogen and oxygen atoms in total. The summed E-state index contributed by atoms with van der Waals surface area (Å²) in [6.45, 7) is 0. The third-order valence-corrected chi connectivity index (χ3v) is 18.4. The molecular weight excluding hydrogens is 1050 g/mol. The second kappa shape index (κ2) is 17.6. The Morgan fingerprint density at radius 3 is 0.651 bits per heavy atom. The third-order valence-electron chi connectivity index (χ3n) is 18.4. The van der Waals surface area contributed by atoms with Gasteiger partial charge in [0.15, 0.2) is 0 Å². The number of rotatable bonds is 6. The zero-order valence-corrected chi connectivity index (χ0v) is 46.3. The van der Waals surface area contributed by atoms with E-state index in [0.29, 0.717) is 5.56 Å². The Kier molecular flexibility index (Phi) is 9.55. The van der Waals surface area contributed by atoms with Gasteiger partial charge in [-0.2, -0.15) is 5.26 Å². The molecule has 0 bridgehead atoms. The topological polar surface area (TPSA) is 53.4 Å². The first-order valence-corrected chi connectivity index (χ1v) is 29.3. The van der Waals surface area contributed by atoms with Crippen LogP contribution in [0.1, 0.15) is 5.56 Å². The summed E-state index contributed by atoms with van der Waals surface area (Å²) in [4.78, 5) is 0. The van der Waals surface area contributed by atoms with Crippen LogP contribution in [0.4, 0.5) is 0 Å². The highest BCUT2D eigenvalue weighted by molar-refractivity contribution is 6.17. The van der Waals surface area contributed by atoms with Gasteiger partial charge in [0.05, 0.1) is 89.2 Å². The lowest BCUT2D eigenvalue weighted by molar-refractivity contribution is 1.09. The first-order chi connectivity index (χ1) is 42.6. The molecule has 86 heavy (non-hydrogen) atoms. The van der Waals surface area contributed by atoms with Crippen molar-refractivity contribution in [3.63, 3.8) is 0 Å². The van der Waals surface area contributed by atoms with Crippen LogP contribution in [0.25, 0.3) is 165 Å². The van der Waals surface area contributed by atoms with Gasteiger partial charge in [-0.1, -0.05) is 146 Å². The molecule has 0 atom stereocenters. The second-order valence-electron chi connectivity index (χ2n) is 22.8. The normalized spacial score (nSPS) is 12.2. The highest BCUT2D eigenvalue weighted by atomic mass is 15.1. The molecule has 0 saturated heterocycles. The number of nitriles is 1. The zero-order chi connectivity index (χ0) is 56.3. The van der Waals surface area contributed by atoms with Gasteiger partial charge in [-0.15, -0.1) is 0 Å². The van der Waals surface area contributed by atoms with E-state index in [2.05, 4.69) is 313 Å². The molecule has 6 aromatic heterocycles. The lowest BCUT2D eigenvalue weighted by Crippen LogP contribution is -2.04. The lowest BCUT2D eigenvalue weighted by atomic mass is 10.1. The number of para-hydroxylation sites is 8. The first kappa shape index (κ1) is 46.7. The number of hydrogen-bond acceptors (Lipinski definition) is 1. The number of fused-ring (bicyclic) bond motifs is 18. The lowest BCUT2D eigenvalue weighted by Gasteiger charge is -2.18. The predicted octanol–water partition coefficient (Wildman–Crippen LogP) is 20.1. The van der Waals surface area contributed by atoms with Crippen LogP contribution < -0.4 is 0 Å². The van der Waals surface area contributed by atoms with Crippen molar-refractivity contribution in [3.8, 4) is 40.2 Å². The summed E-state index contributed by atoms with van der Waals surface area (Å²) in [6, 6.07) is 106. The maximum absolute atomic E-state index is 10.9. The van der Waals surface area contributed by atoms with E-state index in [-0.39, 0.29) is 0 Å². The Balaban J connectivity index is 0.907. The Labute approximate surface area is 491 Å². The minimum Gasteiger partial charge on any atom is -0.309 e. The van der Waals surface area contributed by atoms with Crippen molar-refractivity contribution in [1.29, 1.82) is 5.26 Å². The SMILES string of the molecule is N#Cc1ccc(-n2c3ccc(-n4c5ccccc5c5ccccc54)cc3c3cc(-n4c5ccccc5c5ccccc54)ccc32)c(-n2c3ccc(-n4c5ccccc5c5ccccc54)cc3c3cc(-n4c5ccccc5c5ccccc54)ccc32)c1. The van der Waals surface area contributed by atoms with Crippen molar-refractivity contribution in [2.75, 3.05) is 0 Å². The van der Waals surface area contributed by atoms with Crippen LogP contribution >= 0.6 is 0 Å². The van der Waals surface area contributed by atoms with Crippen molar-refractivity contribution >= 4 is 131 Å². The molecule has 19 rings (SSSR count). The summed E-state index contributed by atoms with van der Waals surface area (Å²) in [5.41, 5.74) is 20.1. The van der Waals surface area contributed by atoms with Crippen LogP contribution in [0, 0.1) is 11.3 Å². The quantitative estimate of drug-likeness (QED) is 0.164. The van der Waals surface area contributed by atoms with Gasteiger partial charge in [0, 0.05) is 87.4 Å². The summed E-state index contributed by atoms with van der Waals surface area (Å²) in [5, 5.41) is 25.1. The third kappa shape index (κ3) is 6.39. The van der Waals surface area contributed by atoms with Crippen LogP contribution in [-0.4, -0.2) is 27.4 Å². The highest BCUT2D eigenvalue weighted by Crippen LogP contribution is 2.44. The van der Waals surface area contributed by atoms with E-state index in [4.69, 9.17) is 0 Å². The van der Waals surface area contributed by atoms with Gasteiger partial charge in [0.1, 0.15) is 0 Å². The molecule has 6 heterocycles. The molecule has 13 aromatic carbocycles. The van der Waals surface area contributed by atoms with E-state index in [1.165, 1.54) is 43.1 Å². The van der Waals surface area contributed by atoms with Crippen LogP contribution in [0.15, 0.2) is 285 Å². The average Bonchev–Trinajstić information content (AvgIpc) is 1.99. The fourth-order valence-corrected chi connectivity index (χ4v) is 14.8. The van der Waals surface area contributed by atoms with Crippen LogP contribution in [0.5, 0.6) is 0 Å². The molecule has 0 saturated carbocycles. The summed E-state index contributed by atoms with van der Waals surface area (Å²) in [6.07, 6.45) is 0. The van der Waals surface area contributed by atoms with Gasteiger partial charge in [0.25, 0.3) is 0 Å². The summed E-state index contributed by atoms with van der Waals surface area (Å²) >= 11 is 0. The molecule has 0 radical (unpaired) electrons. The Hall–Kier alpha value is -11.9. The number of nitrogens with zero attached hydrogens (tertiary/aromatic N) is 7. The molecule has 398 valence electrons. The molecule has 0 fully saturated rings. The fourth-order valence-electron chi connectivity index (χ4n) is 14.8.